The molecular formula is C14H17NO. The van der Waals surface area contributed by atoms with Crippen molar-refractivity contribution in [2.45, 2.75) is 32.2 Å². The van der Waals surface area contributed by atoms with E-state index >= 15 is 0 Å². The first kappa shape index (κ1) is 9.88. The number of hydrogen-bond donors (Lipinski definition) is 0. The maximum absolute atomic E-state index is 11.8. The van der Waals surface area contributed by atoms with Crippen molar-refractivity contribution in [2.24, 2.45) is 5.92 Å². The van der Waals surface area contributed by atoms with Crippen LogP contribution < -0.4 is 0 Å². The van der Waals surface area contributed by atoms with Crippen LogP contribution in [0.2, 0.25) is 0 Å². The maximum Gasteiger partial charge on any atom is 0.222 e. The Morgan fingerprint density at radius 1 is 1.38 bits per heavy atom. The lowest BCUT2D eigenvalue weighted by Crippen LogP contribution is -2.38. The van der Waals surface area contributed by atoms with E-state index in [4.69, 9.17) is 0 Å². The number of benzene rings is 1. The van der Waals surface area contributed by atoms with Crippen LogP contribution in [0.1, 0.15) is 35.6 Å². The molecule has 2 atom stereocenters. The highest BCUT2D eigenvalue weighted by atomic mass is 16.2. The molecule has 1 fully saturated rings. The number of piperidine rings is 1. The van der Waals surface area contributed by atoms with Gasteiger partial charge < -0.3 is 4.90 Å². The third-order valence-electron chi connectivity index (χ3n) is 4.22. The van der Waals surface area contributed by atoms with Gasteiger partial charge in [-0.2, -0.15) is 0 Å². The highest BCUT2D eigenvalue weighted by Gasteiger charge is 2.40. The van der Waals surface area contributed by atoms with Gasteiger partial charge in [0, 0.05) is 13.5 Å². The van der Waals surface area contributed by atoms with E-state index in [1.807, 2.05) is 11.9 Å². The summed E-state index contributed by atoms with van der Waals surface area (Å²) in [5.41, 5.74) is 4.26. The first-order valence-corrected chi connectivity index (χ1v) is 6.02. The van der Waals surface area contributed by atoms with Crippen LogP contribution in [0.4, 0.5) is 0 Å². The zero-order chi connectivity index (χ0) is 11.3. The summed E-state index contributed by atoms with van der Waals surface area (Å²) in [6.07, 6.45) is 2.94. The zero-order valence-corrected chi connectivity index (χ0v) is 9.86. The van der Waals surface area contributed by atoms with Crippen LogP contribution in [0.25, 0.3) is 0 Å². The Morgan fingerprint density at radius 2 is 2.19 bits per heavy atom. The monoisotopic (exact) mass is 215 g/mol. The Labute approximate surface area is 96.3 Å². The zero-order valence-electron chi connectivity index (χ0n) is 9.86. The number of carbonyl (C=O) groups excluding carboxylic acids is 1. The third kappa shape index (κ3) is 1.22. The lowest BCUT2D eigenvalue weighted by Gasteiger charge is -2.35. The molecule has 0 aromatic heterocycles. The summed E-state index contributed by atoms with van der Waals surface area (Å²) in [6.45, 7) is 2.18. The highest BCUT2D eigenvalue weighted by Crippen LogP contribution is 2.45. The van der Waals surface area contributed by atoms with E-state index in [1.165, 1.54) is 16.7 Å². The molecule has 2 heteroatoms. The van der Waals surface area contributed by atoms with Crippen LogP contribution in [-0.2, 0) is 11.2 Å². The van der Waals surface area contributed by atoms with Crippen LogP contribution in [0.15, 0.2) is 18.2 Å². The standard InChI is InChI=1S/C14H17NO/c1-9-4-3-5-11-12(9)8-10-6-7-13(16)15(2)14(10)11/h3-5,10,14H,6-8H2,1-2H3. The van der Waals surface area contributed by atoms with Crippen molar-refractivity contribution in [2.75, 3.05) is 7.05 Å². The number of nitrogens with zero attached hydrogens (tertiary/aromatic N) is 1. The van der Waals surface area contributed by atoms with E-state index in [0.717, 1.165) is 19.3 Å². The van der Waals surface area contributed by atoms with Gasteiger partial charge in [0.25, 0.3) is 0 Å². The van der Waals surface area contributed by atoms with Gasteiger partial charge in [-0.3, -0.25) is 4.79 Å². The molecule has 1 amide bonds. The number of likely N-dealkylation sites (tertiary alicyclic amines) is 1. The number of carbonyl (C=O) groups is 1. The molecule has 1 saturated heterocycles. The molecule has 0 bridgehead atoms. The van der Waals surface area contributed by atoms with Crippen LogP contribution in [0.5, 0.6) is 0 Å². The van der Waals surface area contributed by atoms with Gasteiger partial charge in [0.05, 0.1) is 6.04 Å². The Hall–Kier alpha value is -1.31. The summed E-state index contributed by atoms with van der Waals surface area (Å²) in [4.78, 5) is 13.7. The Bertz CT molecular complexity index is 452. The first-order chi connectivity index (χ1) is 7.68. The number of amides is 1. The second-order valence-electron chi connectivity index (χ2n) is 5.10. The summed E-state index contributed by atoms with van der Waals surface area (Å²) < 4.78 is 0. The van der Waals surface area contributed by atoms with Crippen molar-refractivity contribution in [1.82, 2.24) is 4.90 Å². The van der Waals surface area contributed by atoms with Gasteiger partial charge in [0.1, 0.15) is 0 Å². The molecule has 1 aliphatic heterocycles. The largest absolute Gasteiger partial charge is 0.338 e. The van der Waals surface area contributed by atoms with Gasteiger partial charge in [0.2, 0.25) is 5.91 Å². The van der Waals surface area contributed by atoms with Gasteiger partial charge in [-0.05, 0) is 42.4 Å². The average molecular weight is 215 g/mol. The highest BCUT2D eigenvalue weighted by molar-refractivity contribution is 5.77. The topological polar surface area (TPSA) is 20.3 Å². The lowest BCUT2D eigenvalue weighted by atomic mass is 9.90. The molecule has 1 aliphatic carbocycles. The summed E-state index contributed by atoms with van der Waals surface area (Å²) >= 11 is 0. The van der Waals surface area contributed by atoms with E-state index in [1.54, 1.807) is 0 Å². The molecule has 1 aromatic rings. The molecule has 16 heavy (non-hydrogen) atoms. The minimum Gasteiger partial charge on any atom is -0.338 e. The predicted molar refractivity (Wildman–Crippen MR) is 63.1 cm³/mol. The molecular weight excluding hydrogens is 198 g/mol. The first-order valence-electron chi connectivity index (χ1n) is 6.02. The number of aryl methyl sites for hydroxylation is 1. The SMILES string of the molecule is Cc1cccc2c1CC1CCC(=O)N(C)C21. The smallest absolute Gasteiger partial charge is 0.222 e. The minimum absolute atomic E-state index is 0.301. The van der Waals surface area contributed by atoms with E-state index in [0.29, 0.717) is 17.9 Å². The fourth-order valence-electron chi connectivity index (χ4n) is 3.33. The molecule has 1 aromatic carbocycles. The lowest BCUT2D eigenvalue weighted by molar-refractivity contribution is -0.136. The molecule has 0 N–H and O–H groups in total. The summed E-state index contributed by atoms with van der Waals surface area (Å²) in [7, 11) is 1.95. The molecule has 2 aliphatic rings. The fraction of sp³-hybridized carbons (Fsp3) is 0.500. The van der Waals surface area contributed by atoms with Crippen molar-refractivity contribution in [1.29, 1.82) is 0 Å². The second kappa shape index (κ2) is 3.34. The van der Waals surface area contributed by atoms with Gasteiger partial charge in [-0.15, -0.1) is 0 Å². The van der Waals surface area contributed by atoms with E-state index in [-0.39, 0.29) is 0 Å². The molecule has 0 spiro atoms. The van der Waals surface area contributed by atoms with Gasteiger partial charge in [-0.1, -0.05) is 18.2 Å². The van der Waals surface area contributed by atoms with Crippen LogP contribution >= 0.6 is 0 Å². The molecule has 2 nitrogen and oxygen atoms in total. The molecule has 1 heterocycles. The molecule has 0 radical (unpaired) electrons. The predicted octanol–water partition coefficient (Wildman–Crippen LogP) is 2.46. The minimum atomic E-state index is 0.301. The van der Waals surface area contributed by atoms with Crippen LogP contribution in [0.3, 0.4) is 0 Å². The van der Waals surface area contributed by atoms with Crippen molar-refractivity contribution in [3.8, 4) is 0 Å². The molecule has 3 rings (SSSR count). The number of hydrogen-bond acceptors (Lipinski definition) is 1. The van der Waals surface area contributed by atoms with Crippen molar-refractivity contribution >= 4 is 5.91 Å². The van der Waals surface area contributed by atoms with E-state index < -0.39 is 0 Å². The van der Waals surface area contributed by atoms with E-state index in [9.17, 15) is 4.79 Å². The number of rotatable bonds is 0. The van der Waals surface area contributed by atoms with Gasteiger partial charge >= 0.3 is 0 Å². The normalized spacial score (nSPS) is 27.9. The van der Waals surface area contributed by atoms with Gasteiger partial charge in [0.15, 0.2) is 0 Å². The summed E-state index contributed by atoms with van der Waals surface area (Å²) in [6, 6.07) is 6.83. The summed E-state index contributed by atoms with van der Waals surface area (Å²) in [5.74, 6) is 0.953. The Morgan fingerprint density at radius 3 is 3.00 bits per heavy atom. The molecule has 0 saturated carbocycles. The van der Waals surface area contributed by atoms with Crippen LogP contribution in [-0.4, -0.2) is 17.9 Å². The quantitative estimate of drug-likeness (QED) is 0.651. The van der Waals surface area contributed by atoms with E-state index in [2.05, 4.69) is 25.1 Å². The summed E-state index contributed by atoms with van der Waals surface area (Å²) in [5, 5.41) is 0. The number of fused-ring (bicyclic) bond motifs is 3. The molecule has 84 valence electrons. The Kier molecular flexibility index (Phi) is 2.06. The third-order valence-corrected chi connectivity index (χ3v) is 4.22. The van der Waals surface area contributed by atoms with Crippen LogP contribution in [0, 0.1) is 12.8 Å². The molecule has 2 unspecified atom stereocenters. The maximum atomic E-state index is 11.8. The second-order valence-corrected chi connectivity index (χ2v) is 5.10. The van der Waals surface area contributed by atoms with Gasteiger partial charge in [-0.25, -0.2) is 0 Å². The van der Waals surface area contributed by atoms with Crippen molar-refractivity contribution in [3.63, 3.8) is 0 Å². The fourth-order valence-corrected chi connectivity index (χ4v) is 3.33. The van der Waals surface area contributed by atoms with Crippen molar-refractivity contribution < 1.29 is 4.79 Å². The Balaban J connectivity index is 2.08. The average Bonchev–Trinajstić information content (AvgIpc) is 2.64. The van der Waals surface area contributed by atoms with Crippen molar-refractivity contribution in [3.05, 3.63) is 34.9 Å².